The van der Waals surface area contributed by atoms with Crippen molar-refractivity contribution in [2.75, 3.05) is 0 Å². The molecule has 1 aromatic carbocycles. The topological polar surface area (TPSA) is 81.1 Å². The average molecular weight is 337 g/mol. The number of carbonyl (C=O) groups excluding carboxylic acids is 1. The third-order valence-electron chi connectivity index (χ3n) is 4.05. The molecule has 1 fully saturated rings. The number of amides is 1. The zero-order chi connectivity index (χ0) is 16.8. The van der Waals surface area contributed by atoms with E-state index in [4.69, 9.17) is 0 Å². The van der Waals surface area contributed by atoms with E-state index in [0.29, 0.717) is 6.42 Å². The maximum absolute atomic E-state index is 14.1. The summed E-state index contributed by atoms with van der Waals surface area (Å²) < 4.78 is 41.9. The summed E-state index contributed by atoms with van der Waals surface area (Å²) in [6, 6.07) is 5.06. The van der Waals surface area contributed by atoms with Crippen LogP contribution in [0.2, 0.25) is 0 Å². The molecule has 8 heteroatoms. The Hall–Kier alpha value is -2.22. The van der Waals surface area contributed by atoms with Gasteiger partial charge >= 0.3 is 0 Å². The van der Waals surface area contributed by atoms with E-state index in [0.717, 1.165) is 6.07 Å². The van der Waals surface area contributed by atoms with Crippen LogP contribution < -0.4 is 4.72 Å². The van der Waals surface area contributed by atoms with Crippen molar-refractivity contribution in [1.82, 2.24) is 14.5 Å². The van der Waals surface area contributed by atoms with Crippen LogP contribution in [0.15, 0.2) is 41.6 Å². The average Bonchev–Trinajstić information content (AvgIpc) is 2.88. The minimum atomic E-state index is -4.09. The van der Waals surface area contributed by atoms with Gasteiger partial charge < -0.3 is 0 Å². The Bertz CT molecular complexity index is 860. The van der Waals surface area contributed by atoms with Crippen LogP contribution in [-0.2, 0) is 14.8 Å². The molecule has 0 unspecified atom stereocenters. The van der Waals surface area contributed by atoms with Gasteiger partial charge in [0.2, 0.25) is 5.91 Å². The number of benzene rings is 1. The van der Waals surface area contributed by atoms with Gasteiger partial charge in [0.25, 0.3) is 10.0 Å². The van der Waals surface area contributed by atoms with Gasteiger partial charge in [0.15, 0.2) is 0 Å². The first-order valence-corrected chi connectivity index (χ1v) is 8.55. The second kappa shape index (κ2) is 5.16. The molecule has 0 bridgehead atoms. The molecular formula is C15H16FN3O3S. The van der Waals surface area contributed by atoms with Gasteiger partial charge in [0.05, 0.1) is 4.90 Å². The zero-order valence-electron chi connectivity index (χ0n) is 12.7. The lowest BCUT2D eigenvalue weighted by atomic mass is 10.1. The molecule has 1 N–H and O–H groups in total. The highest BCUT2D eigenvalue weighted by Crippen LogP contribution is 2.51. The molecule has 1 heterocycles. The molecule has 1 amide bonds. The lowest BCUT2D eigenvalue weighted by Gasteiger charge is -2.09. The van der Waals surface area contributed by atoms with E-state index in [2.05, 4.69) is 5.10 Å². The minimum absolute atomic E-state index is 0.128. The summed E-state index contributed by atoms with van der Waals surface area (Å²) in [4.78, 5) is 11.7. The highest BCUT2D eigenvalue weighted by atomic mass is 32.2. The Morgan fingerprint density at radius 3 is 2.65 bits per heavy atom. The predicted molar refractivity (Wildman–Crippen MR) is 80.7 cm³/mol. The molecule has 1 aromatic heterocycles. The van der Waals surface area contributed by atoms with Gasteiger partial charge in [0.1, 0.15) is 11.5 Å². The van der Waals surface area contributed by atoms with Gasteiger partial charge in [0, 0.05) is 18.3 Å². The van der Waals surface area contributed by atoms with Crippen LogP contribution in [0.1, 0.15) is 20.3 Å². The second-order valence-corrected chi connectivity index (χ2v) is 7.96. The normalized spacial score (nSPS) is 19.3. The molecule has 3 rings (SSSR count). The van der Waals surface area contributed by atoms with Crippen LogP contribution in [0.5, 0.6) is 0 Å². The van der Waals surface area contributed by atoms with Crippen LogP contribution >= 0.6 is 0 Å². The first-order valence-electron chi connectivity index (χ1n) is 7.07. The zero-order valence-corrected chi connectivity index (χ0v) is 13.5. The first kappa shape index (κ1) is 15.7. The number of halogens is 1. The van der Waals surface area contributed by atoms with E-state index in [1.807, 2.05) is 18.6 Å². The van der Waals surface area contributed by atoms with Crippen molar-refractivity contribution < 1.29 is 17.6 Å². The lowest BCUT2D eigenvalue weighted by Crippen LogP contribution is -2.32. The maximum atomic E-state index is 14.1. The maximum Gasteiger partial charge on any atom is 0.264 e. The third kappa shape index (κ3) is 2.98. The summed E-state index contributed by atoms with van der Waals surface area (Å²) in [5, 5.41) is 3.89. The summed E-state index contributed by atoms with van der Waals surface area (Å²) in [6.07, 6.45) is 3.67. The van der Waals surface area contributed by atoms with E-state index < -0.39 is 21.7 Å². The lowest BCUT2D eigenvalue weighted by molar-refractivity contribution is -0.121. The largest absolute Gasteiger partial charge is 0.274 e. The van der Waals surface area contributed by atoms with E-state index >= 15 is 0 Å². The Labute approximate surface area is 133 Å². The number of rotatable bonds is 4. The Balaban J connectivity index is 1.83. The molecule has 0 aliphatic heterocycles. The molecule has 1 aliphatic carbocycles. The quantitative estimate of drug-likeness (QED) is 0.923. The SMILES string of the molecule is CC1(C)C[C@H]1C(=O)NS(=O)(=O)c1ccc(-n2cccn2)c(F)c1. The van der Waals surface area contributed by atoms with Crippen LogP contribution in [0.4, 0.5) is 4.39 Å². The van der Waals surface area contributed by atoms with E-state index in [9.17, 15) is 17.6 Å². The highest BCUT2D eigenvalue weighted by molar-refractivity contribution is 7.90. The number of nitrogens with one attached hydrogen (secondary N) is 1. The van der Waals surface area contributed by atoms with Gasteiger partial charge in [-0.1, -0.05) is 13.8 Å². The monoisotopic (exact) mass is 337 g/mol. The molecule has 1 atom stereocenters. The molecule has 2 aromatic rings. The van der Waals surface area contributed by atoms with Crippen molar-refractivity contribution in [1.29, 1.82) is 0 Å². The van der Waals surface area contributed by atoms with Crippen molar-refractivity contribution in [2.45, 2.75) is 25.2 Å². The number of sulfonamides is 1. The fourth-order valence-electron chi connectivity index (χ4n) is 2.43. The van der Waals surface area contributed by atoms with Crippen LogP contribution in [0.25, 0.3) is 5.69 Å². The predicted octanol–water partition coefficient (Wildman–Crippen LogP) is 1.86. The van der Waals surface area contributed by atoms with Crippen LogP contribution in [0.3, 0.4) is 0 Å². The Morgan fingerprint density at radius 1 is 1.43 bits per heavy atom. The van der Waals surface area contributed by atoms with Gasteiger partial charge in [-0.2, -0.15) is 5.10 Å². The summed E-state index contributed by atoms with van der Waals surface area (Å²) in [7, 11) is -4.09. The second-order valence-electron chi connectivity index (χ2n) is 6.28. The van der Waals surface area contributed by atoms with Crippen LogP contribution in [-0.4, -0.2) is 24.1 Å². The molecule has 0 saturated heterocycles. The molecule has 122 valence electrons. The Morgan fingerprint density at radius 2 is 2.13 bits per heavy atom. The molecule has 23 heavy (non-hydrogen) atoms. The van der Waals surface area contributed by atoms with Crippen molar-refractivity contribution >= 4 is 15.9 Å². The number of nitrogens with zero attached hydrogens (tertiary/aromatic N) is 2. The number of carbonyl (C=O) groups is 1. The summed E-state index contributed by atoms with van der Waals surface area (Å²) in [6.45, 7) is 3.78. The Kier molecular flexibility index (Phi) is 3.51. The van der Waals surface area contributed by atoms with Gasteiger partial charge in [-0.05, 0) is 36.1 Å². The third-order valence-corrected chi connectivity index (χ3v) is 5.39. The van der Waals surface area contributed by atoms with Crippen molar-refractivity contribution in [3.8, 4) is 5.69 Å². The van der Waals surface area contributed by atoms with Gasteiger partial charge in [-0.25, -0.2) is 22.2 Å². The van der Waals surface area contributed by atoms with E-state index in [-0.39, 0.29) is 21.9 Å². The van der Waals surface area contributed by atoms with Gasteiger partial charge in [-0.3, -0.25) is 4.79 Å². The minimum Gasteiger partial charge on any atom is -0.274 e. The fraction of sp³-hybridized carbons (Fsp3) is 0.333. The van der Waals surface area contributed by atoms with Crippen molar-refractivity contribution in [3.05, 3.63) is 42.5 Å². The highest BCUT2D eigenvalue weighted by Gasteiger charge is 2.51. The summed E-state index contributed by atoms with van der Waals surface area (Å²) in [5.74, 6) is -1.62. The first-order chi connectivity index (χ1) is 10.7. The summed E-state index contributed by atoms with van der Waals surface area (Å²) in [5.41, 5.74) is -0.0574. The molecule has 6 nitrogen and oxygen atoms in total. The number of hydrogen-bond donors (Lipinski definition) is 1. The molecular weight excluding hydrogens is 321 g/mol. The fourth-order valence-corrected chi connectivity index (χ4v) is 3.46. The van der Waals surface area contributed by atoms with Crippen LogP contribution in [0, 0.1) is 17.2 Å². The van der Waals surface area contributed by atoms with E-state index in [1.165, 1.54) is 23.0 Å². The van der Waals surface area contributed by atoms with E-state index in [1.54, 1.807) is 12.3 Å². The number of hydrogen-bond acceptors (Lipinski definition) is 4. The summed E-state index contributed by atoms with van der Waals surface area (Å²) >= 11 is 0. The van der Waals surface area contributed by atoms with Gasteiger partial charge in [-0.15, -0.1) is 0 Å². The van der Waals surface area contributed by atoms with Crippen molar-refractivity contribution in [3.63, 3.8) is 0 Å². The molecule has 0 spiro atoms. The molecule has 1 aliphatic rings. The smallest absolute Gasteiger partial charge is 0.264 e. The molecule has 0 radical (unpaired) electrons. The number of aromatic nitrogens is 2. The molecule has 1 saturated carbocycles. The van der Waals surface area contributed by atoms with Crippen molar-refractivity contribution in [2.24, 2.45) is 11.3 Å². The standard InChI is InChI=1S/C15H16FN3O3S/c1-15(2)9-11(15)14(20)18-23(21,22)10-4-5-13(12(16)8-10)19-7-3-6-17-19/h3-8,11H,9H2,1-2H3,(H,18,20)/t11-/m0/s1.